The zero-order valence-corrected chi connectivity index (χ0v) is 8.97. The van der Waals surface area contributed by atoms with Gasteiger partial charge in [-0.2, -0.15) is 0 Å². The SMILES string of the molecule is Cc1[nH]n2c(-c3cnccn3)nnc2c1C. The maximum absolute atomic E-state index is 4.20. The molecule has 0 aliphatic heterocycles. The van der Waals surface area contributed by atoms with Gasteiger partial charge in [0, 0.05) is 23.7 Å². The second-order valence-corrected chi connectivity index (χ2v) is 3.64. The Morgan fingerprint density at radius 1 is 1.19 bits per heavy atom. The van der Waals surface area contributed by atoms with Gasteiger partial charge in [0.2, 0.25) is 5.82 Å². The van der Waals surface area contributed by atoms with E-state index in [9.17, 15) is 0 Å². The fourth-order valence-electron chi connectivity index (χ4n) is 1.63. The number of H-pyrrole nitrogens is 1. The minimum absolute atomic E-state index is 0.680. The first kappa shape index (κ1) is 9.02. The highest BCUT2D eigenvalue weighted by Gasteiger charge is 2.13. The highest BCUT2D eigenvalue weighted by atomic mass is 15.4. The molecule has 3 aromatic heterocycles. The molecule has 16 heavy (non-hydrogen) atoms. The standard InChI is InChI=1S/C10H10N6/c1-6-7(2)15-16-9(6)13-14-10(16)8-5-11-3-4-12-8/h3-5,15H,1-2H3. The summed E-state index contributed by atoms with van der Waals surface area (Å²) in [5.74, 6) is 0.680. The van der Waals surface area contributed by atoms with Gasteiger partial charge < -0.3 is 0 Å². The van der Waals surface area contributed by atoms with E-state index >= 15 is 0 Å². The quantitative estimate of drug-likeness (QED) is 0.659. The summed E-state index contributed by atoms with van der Waals surface area (Å²) in [6.07, 6.45) is 4.94. The zero-order valence-electron chi connectivity index (χ0n) is 8.97. The fraction of sp³-hybridized carbons (Fsp3) is 0.200. The molecule has 1 N–H and O–H groups in total. The van der Waals surface area contributed by atoms with Crippen LogP contribution in [0.5, 0.6) is 0 Å². The number of nitrogens with one attached hydrogen (secondary N) is 1. The smallest absolute Gasteiger partial charge is 0.203 e. The maximum Gasteiger partial charge on any atom is 0.203 e. The summed E-state index contributed by atoms with van der Waals surface area (Å²) in [7, 11) is 0. The molecule has 3 heterocycles. The Hall–Kier alpha value is -2.24. The van der Waals surface area contributed by atoms with Gasteiger partial charge >= 0.3 is 0 Å². The van der Waals surface area contributed by atoms with E-state index in [1.54, 1.807) is 18.6 Å². The molecule has 0 unspecified atom stereocenters. The summed E-state index contributed by atoms with van der Waals surface area (Å²) in [6, 6.07) is 0. The molecule has 0 saturated heterocycles. The highest BCUT2D eigenvalue weighted by molar-refractivity contribution is 5.57. The molecule has 6 heteroatoms. The molecule has 0 aromatic carbocycles. The molecule has 0 atom stereocenters. The van der Waals surface area contributed by atoms with Gasteiger partial charge in [0.05, 0.1) is 6.20 Å². The first-order valence-electron chi connectivity index (χ1n) is 4.94. The topological polar surface area (TPSA) is 71.8 Å². The lowest BCUT2D eigenvalue weighted by Crippen LogP contribution is -1.93. The van der Waals surface area contributed by atoms with E-state index in [0.717, 1.165) is 16.9 Å². The Morgan fingerprint density at radius 2 is 2.06 bits per heavy atom. The van der Waals surface area contributed by atoms with Crippen molar-refractivity contribution in [2.24, 2.45) is 0 Å². The van der Waals surface area contributed by atoms with E-state index in [0.29, 0.717) is 11.5 Å². The Bertz CT molecular complexity index is 636. The first-order chi connectivity index (χ1) is 7.77. The van der Waals surface area contributed by atoms with Crippen LogP contribution in [0.25, 0.3) is 17.2 Å². The molecule has 0 bridgehead atoms. The van der Waals surface area contributed by atoms with Crippen LogP contribution >= 0.6 is 0 Å². The second kappa shape index (κ2) is 3.13. The average Bonchev–Trinajstić information content (AvgIpc) is 2.83. The lowest BCUT2D eigenvalue weighted by molar-refractivity contribution is 0.927. The van der Waals surface area contributed by atoms with Gasteiger partial charge in [-0.05, 0) is 13.8 Å². The largest absolute Gasteiger partial charge is 0.295 e. The van der Waals surface area contributed by atoms with Gasteiger partial charge in [-0.25, -0.2) is 9.50 Å². The Balaban J connectivity index is 2.29. The monoisotopic (exact) mass is 214 g/mol. The lowest BCUT2D eigenvalue weighted by Gasteiger charge is -1.94. The molecule has 0 fully saturated rings. The number of nitrogens with zero attached hydrogens (tertiary/aromatic N) is 5. The summed E-state index contributed by atoms with van der Waals surface area (Å²) in [6.45, 7) is 4.01. The average molecular weight is 214 g/mol. The van der Waals surface area contributed by atoms with Gasteiger partial charge in [-0.3, -0.25) is 10.1 Å². The van der Waals surface area contributed by atoms with Crippen molar-refractivity contribution in [3.63, 3.8) is 0 Å². The van der Waals surface area contributed by atoms with Crippen molar-refractivity contribution in [1.29, 1.82) is 0 Å². The van der Waals surface area contributed by atoms with Crippen molar-refractivity contribution in [3.8, 4) is 11.5 Å². The summed E-state index contributed by atoms with van der Waals surface area (Å²) < 4.78 is 1.83. The van der Waals surface area contributed by atoms with E-state index in [1.807, 2.05) is 18.4 Å². The van der Waals surface area contributed by atoms with Crippen LogP contribution in [0.1, 0.15) is 11.3 Å². The number of hydrogen-bond donors (Lipinski definition) is 1. The van der Waals surface area contributed by atoms with Crippen LogP contribution in [0.2, 0.25) is 0 Å². The van der Waals surface area contributed by atoms with Gasteiger partial charge in [-0.15, -0.1) is 10.2 Å². The van der Waals surface area contributed by atoms with Crippen LogP contribution in [-0.2, 0) is 0 Å². The molecule has 3 aromatic rings. The van der Waals surface area contributed by atoms with Crippen LogP contribution < -0.4 is 0 Å². The minimum atomic E-state index is 0.680. The van der Waals surface area contributed by atoms with Gasteiger partial charge in [-0.1, -0.05) is 0 Å². The highest BCUT2D eigenvalue weighted by Crippen LogP contribution is 2.18. The first-order valence-corrected chi connectivity index (χ1v) is 4.94. The van der Waals surface area contributed by atoms with Crippen molar-refractivity contribution in [2.45, 2.75) is 13.8 Å². The van der Waals surface area contributed by atoms with Crippen LogP contribution in [0, 0.1) is 13.8 Å². The van der Waals surface area contributed by atoms with E-state index in [2.05, 4.69) is 25.3 Å². The van der Waals surface area contributed by atoms with Crippen LogP contribution in [-0.4, -0.2) is 29.8 Å². The molecule has 0 radical (unpaired) electrons. The molecule has 6 nitrogen and oxygen atoms in total. The Labute approximate surface area is 91.4 Å². The molecule has 0 amide bonds. The predicted octanol–water partition coefficient (Wildman–Crippen LogP) is 1.13. The van der Waals surface area contributed by atoms with Gasteiger partial charge in [0.1, 0.15) is 5.69 Å². The summed E-state index contributed by atoms with van der Waals surface area (Å²) >= 11 is 0. The van der Waals surface area contributed by atoms with Crippen molar-refractivity contribution in [3.05, 3.63) is 29.8 Å². The summed E-state index contributed by atoms with van der Waals surface area (Å²) in [5, 5.41) is 11.4. The normalized spacial score (nSPS) is 11.1. The molecule has 0 spiro atoms. The maximum atomic E-state index is 4.20. The molecule has 3 rings (SSSR count). The Morgan fingerprint density at radius 3 is 2.81 bits per heavy atom. The molecule has 80 valence electrons. The third-order valence-electron chi connectivity index (χ3n) is 2.63. The van der Waals surface area contributed by atoms with Crippen LogP contribution in [0.15, 0.2) is 18.6 Å². The molecular weight excluding hydrogens is 204 g/mol. The van der Waals surface area contributed by atoms with Crippen molar-refractivity contribution in [1.82, 2.24) is 29.8 Å². The van der Waals surface area contributed by atoms with E-state index < -0.39 is 0 Å². The zero-order chi connectivity index (χ0) is 11.1. The van der Waals surface area contributed by atoms with Crippen LogP contribution in [0.4, 0.5) is 0 Å². The predicted molar refractivity (Wildman–Crippen MR) is 57.8 cm³/mol. The Kier molecular flexibility index (Phi) is 1.76. The third-order valence-corrected chi connectivity index (χ3v) is 2.63. The van der Waals surface area contributed by atoms with Crippen molar-refractivity contribution >= 4 is 5.65 Å². The van der Waals surface area contributed by atoms with Gasteiger partial charge in [0.25, 0.3) is 0 Å². The number of aromatic amines is 1. The van der Waals surface area contributed by atoms with Gasteiger partial charge in [0.15, 0.2) is 5.65 Å². The summed E-state index contributed by atoms with van der Waals surface area (Å²) in [4.78, 5) is 8.22. The second-order valence-electron chi connectivity index (χ2n) is 3.64. The lowest BCUT2D eigenvalue weighted by atomic mass is 10.3. The van der Waals surface area contributed by atoms with Crippen LogP contribution in [0.3, 0.4) is 0 Å². The molecule has 0 aliphatic carbocycles. The fourth-order valence-corrected chi connectivity index (χ4v) is 1.63. The molecule has 0 saturated carbocycles. The minimum Gasteiger partial charge on any atom is -0.295 e. The molecular formula is C10H10N6. The van der Waals surface area contributed by atoms with E-state index in [1.165, 1.54) is 0 Å². The molecule has 0 aliphatic rings. The number of rotatable bonds is 1. The number of aromatic nitrogens is 6. The number of aryl methyl sites for hydroxylation is 2. The van der Waals surface area contributed by atoms with E-state index in [-0.39, 0.29) is 0 Å². The van der Waals surface area contributed by atoms with Crippen molar-refractivity contribution < 1.29 is 0 Å². The summed E-state index contributed by atoms with van der Waals surface area (Å²) in [5.41, 5.74) is 3.71. The van der Waals surface area contributed by atoms with Crippen molar-refractivity contribution in [2.75, 3.05) is 0 Å². The number of hydrogen-bond acceptors (Lipinski definition) is 4. The van der Waals surface area contributed by atoms with E-state index in [4.69, 9.17) is 0 Å². The third kappa shape index (κ3) is 1.13. The number of fused-ring (bicyclic) bond motifs is 1.